The summed E-state index contributed by atoms with van der Waals surface area (Å²) in [5.74, 6) is -3.03. The van der Waals surface area contributed by atoms with Crippen molar-refractivity contribution in [1.82, 2.24) is 0 Å². The SMILES string of the molecule is NCC(F)(F)C1CCCC1. The first-order valence-electron chi connectivity index (χ1n) is 3.74. The lowest BCUT2D eigenvalue weighted by Crippen LogP contribution is -2.34. The van der Waals surface area contributed by atoms with Crippen LogP contribution in [-0.2, 0) is 0 Å². The minimum absolute atomic E-state index is 0.433. The van der Waals surface area contributed by atoms with E-state index >= 15 is 0 Å². The molecule has 3 heteroatoms. The van der Waals surface area contributed by atoms with Crippen molar-refractivity contribution in [3.63, 3.8) is 0 Å². The summed E-state index contributed by atoms with van der Waals surface area (Å²) in [6.45, 7) is -0.488. The highest BCUT2D eigenvalue weighted by molar-refractivity contribution is 4.81. The molecule has 0 radical (unpaired) electrons. The predicted octanol–water partition coefficient (Wildman–Crippen LogP) is 1.77. The molecule has 0 aromatic carbocycles. The van der Waals surface area contributed by atoms with Crippen LogP contribution in [0.15, 0.2) is 0 Å². The minimum atomic E-state index is -2.60. The highest BCUT2D eigenvalue weighted by atomic mass is 19.3. The van der Waals surface area contributed by atoms with Crippen LogP contribution in [0.1, 0.15) is 25.7 Å². The van der Waals surface area contributed by atoms with Crippen LogP contribution >= 0.6 is 0 Å². The molecule has 0 unspecified atom stereocenters. The zero-order valence-electron chi connectivity index (χ0n) is 5.95. The summed E-state index contributed by atoms with van der Waals surface area (Å²) in [4.78, 5) is 0. The Kier molecular flexibility index (Phi) is 2.24. The normalized spacial score (nSPS) is 21.9. The summed E-state index contributed by atoms with van der Waals surface area (Å²) >= 11 is 0. The van der Waals surface area contributed by atoms with Gasteiger partial charge >= 0.3 is 0 Å². The third kappa shape index (κ3) is 1.45. The Morgan fingerprint density at radius 1 is 1.30 bits per heavy atom. The molecule has 0 bridgehead atoms. The quantitative estimate of drug-likeness (QED) is 0.636. The van der Waals surface area contributed by atoms with Crippen molar-refractivity contribution in [1.29, 1.82) is 0 Å². The van der Waals surface area contributed by atoms with Crippen LogP contribution in [0.5, 0.6) is 0 Å². The second kappa shape index (κ2) is 2.82. The number of rotatable bonds is 2. The third-order valence-corrected chi connectivity index (χ3v) is 2.22. The Balaban J connectivity index is 2.45. The summed E-state index contributed by atoms with van der Waals surface area (Å²) in [5.41, 5.74) is 4.94. The van der Waals surface area contributed by atoms with Crippen molar-refractivity contribution >= 4 is 0 Å². The van der Waals surface area contributed by atoms with Gasteiger partial charge in [-0.25, -0.2) is 8.78 Å². The van der Waals surface area contributed by atoms with E-state index in [1.54, 1.807) is 0 Å². The van der Waals surface area contributed by atoms with Gasteiger partial charge in [0.1, 0.15) is 0 Å². The Bertz CT molecular complexity index is 108. The summed E-state index contributed by atoms with van der Waals surface area (Å²) in [5, 5.41) is 0. The van der Waals surface area contributed by atoms with Gasteiger partial charge in [-0.05, 0) is 12.8 Å². The highest BCUT2D eigenvalue weighted by Gasteiger charge is 2.39. The molecule has 1 fully saturated rings. The monoisotopic (exact) mass is 149 g/mol. The number of hydrogen-bond donors (Lipinski definition) is 1. The van der Waals surface area contributed by atoms with Crippen molar-refractivity contribution in [3.05, 3.63) is 0 Å². The molecular weight excluding hydrogens is 136 g/mol. The Morgan fingerprint density at radius 3 is 2.20 bits per heavy atom. The molecule has 0 heterocycles. The molecule has 0 saturated heterocycles. The van der Waals surface area contributed by atoms with Crippen LogP contribution < -0.4 is 5.73 Å². The number of halogens is 2. The van der Waals surface area contributed by atoms with E-state index in [0.29, 0.717) is 12.8 Å². The number of alkyl halides is 2. The topological polar surface area (TPSA) is 26.0 Å². The fourth-order valence-corrected chi connectivity index (χ4v) is 1.51. The van der Waals surface area contributed by atoms with E-state index in [-0.39, 0.29) is 0 Å². The van der Waals surface area contributed by atoms with Crippen LogP contribution in [0.4, 0.5) is 8.78 Å². The molecule has 0 aromatic rings. The van der Waals surface area contributed by atoms with Crippen molar-refractivity contribution in [2.24, 2.45) is 11.7 Å². The smallest absolute Gasteiger partial charge is 0.262 e. The lowest BCUT2D eigenvalue weighted by atomic mass is 10.0. The Morgan fingerprint density at radius 2 is 1.80 bits per heavy atom. The molecule has 0 atom stereocenters. The molecule has 0 aromatic heterocycles. The van der Waals surface area contributed by atoms with E-state index < -0.39 is 18.4 Å². The van der Waals surface area contributed by atoms with Gasteiger partial charge in [0.2, 0.25) is 0 Å². The maximum atomic E-state index is 12.7. The summed E-state index contributed by atoms with van der Waals surface area (Å²) < 4.78 is 25.5. The van der Waals surface area contributed by atoms with E-state index in [1.165, 1.54) is 0 Å². The van der Waals surface area contributed by atoms with E-state index in [0.717, 1.165) is 12.8 Å². The van der Waals surface area contributed by atoms with Gasteiger partial charge < -0.3 is 5.73 Å². The number of nitrogens with two attached hydrogens (primary N) is 1. The summed E-state index contributed by atoms with van der Waals surface area (Å²) in [6.07, 6.45) is 3.20. The molecule has 60 valence electrons. The lowest BCUT2D eigenvalue weighted by Gasteiger charge is -2.20. The van der Waals surface area contributed by atoms with Gasteiger partial charge in [-0.2, -0.15) is 0 Å². The van der Waals surface area contributed by atoms with Crippen molar-refractivity contribution in [3.8, 4) is 0 Å². The van der Waals surface area contributed by atoms with Gasteiger partial charge in [0.05, 0.1) is 6.54 Å². The molecular formula is C7H13F2N. The van der Waals surface area contributed by atoms with Crippen molar-refractivity contribution in [2.75, 3.05) is 6.54 Å². The summed E-state index contributed by atoms with van der Waals surface area (Å²) in [7, 11) is 0. The summed E-state index contributed by atoms with van der Waals surface area (Å²) in [6, 6.07) is 0. The van der Waals surface area contributed by atoms with Crippen LogP contribution in [0.3, 0.4) is 0 Å². The maximum absolute atomic E-state index is 12.7. The average Bonchev–Trinajstić information content (AvgIpc) is 2.38. The largest absolute Gasteiger partial charge is 0.325 e. The van der Waals surface area contributed by atoms with Crippen LogP contribution in [0, 0.1) is 5.92 Å². The standard InChI is InChI=1S/C7H13F2N/c8-7(9,5-10)6-3-1-2-4-6/h6H,1-5,10H2. The molecule has 0 amide bonds. The van der Waals surface area contributed by atoms with Gasteiger partial charge in [0, 0.05) is 5.92 Å². The first kappa shape index (κ1) is 7.92. The molecule has 10 heavy (non-hydrogen) atoms. The van der Waals surface area contributed by atoms with Crippen LogP contribution in [-0.4, -0.2) is 12.5 Å². The van der Waals surface area contributed by atoms with E-state index in [9.17, 15) is 8.78 Å². The fourth-order valence-electron chi connectivity index (χ4n) is 1.51. The molecule has 1 rings (SSSR count). The van der Waals surface area contributed by atoms with E-state index in [4.69, 9.17) is 5.73 Å². The molecule has 1 aliphatic carbocycles. The van der Waals surface area contributed by atoms with Gasteiger partial charge in [-0.1, -0.05) is 12.8 Å². The van der Waals surface area contributed by atoms with E-state index in [2.05, 4.69) is 0 Å². The third-order valence-electron chi connectivity index (χ3n) is 2.22. The van der Waals surface area contributed by atoms with Gasteiger partial charge in [-0.3, -0.25) is 0 Å². The minimum Gasteiger partial charge on any atom is -0.325 e. The fraction of sp³-hybridized carbons (Fsp3) is 1.00. The number of hydrogen-bond acceptors (Lipinski definition) is 1. The molecule has 0 aliphatic heterocycles. The van der Waals surface area contributed by atoms with Crippen LogP contribution in [0.25, 0.3) is 0 Å². The van der Waals surface area contributed by atoms with Crippen LogP contribution in [0.2, 0.25) is 0 Å². The maximum Gasteiger partial charge on any atom is 0.262 e. The first-order valence-corrected chi connectivity index (χ1v) is 3.74. The Hall–Kier alpha value is -0.180. The Labute approximate surface area is 59.6 Å². The lowest BCUT2D eigenvalue weighted by molar-refractivity contribution is -0.0461. The molecule has 0 spiro atoms. The molecule has 1 saturated carbocycles. The zero-order valence-corrected chi connectivity index (χ0v) is 5.95. The molecule has 2 N–H and O–H groups in total. The van der Waals surface area contributed by atoms with E-state index in [1.807, 2.05) is 0 Å². The molecule has 1 nitrogen and oxygen atoms in total. The van der Waals surface area contributed by atoms with Crippen molar-refractivity contribution in [2.45, 2.75) is 31.6 Å². The van der Waals surface area contributed by atoms with Gasteiger partial charge in [-0.15, -0.1) is 0 Å². The predicted molar refractivity (Wildman–Crippen MR) is 36.0 cm³/mol. The van der Waals surface area contributed by atoms with Gasteiger partial charge in [0.15, 0.2) is 0 Å². The zero-order chi connectivity index (χ0) is 7.61. The second-order valence-corrected chi connectivity index (χ2v) is 2.95. The van der Waals surface area contributed by atoms with Crippen molar-refractivity contribution < 1.29 is 8.78 Å². The first-order chi connectivity index (χ1) is 4.67. The van der Waals surface area contributed by atoms with Gasteiger partial charge in [0.25, 0.3) is 5.92 Å². The second-order valence-electron chi connectivity index (χ2n) is 2.95. The highest BCUT2D eigenvalue weighted by Crippen LogP contribution is 2.36. The molecule has 1 aliphatic rings. The average molecular weight is 149 g/mol.